The zero-order chi connectivity index (χ0) is 22.7. The number of hydrogen-bond acceptors (Lipinski definition) is 4. The van der Waals surface area contributed by atoms with Crippen molar-refractivity contribution in [3.8, 4) is 5.75 Å². The molecule has 1 aliphatic heterocycles. The quantitative estimate of drug-likeness (QED) is 0.399. The summed E-state index contributed by atoms with van der Waals surface area (Å²) in [6.07, 6.45) is 0.756. The second-order valence-corrected chi connectivity index (χ2v) is 8.56. The van der Waals surface area contributed by atoms with E-state index in [2.05, 4.69) is 0 Å². The molecule has 2 unspecified atom stereocenters. The van der Waals surface area contributed by atoms with E-state index in [4.69, 9.17) is 4.74 Å². The van der Waals surface area contributed by atoms with Gasteiger partial charge in [0.2, 0.25) is 5.78 Å². The summed E-state index contributed by atoms with van der Waals surface area (Å²) in [5.74, 6) is -1.89. The molecule has 0 bridgehead atoms. The lowest BCUT2D eigenvalue weighted by Gasteiger charge is -2.27. The molecule has 0 aromatic heterocycles. The number of rotatable bonds is 8. The zero-order valence-corrected chi connectivity index (χ0v) is 18.9. The van der Waals surface area contributed by atoms with E-state index in [1.54, 1.807) is 30.2 Å². The maximum atomic E-state index is 13.5. The maximum Gasteiger partial charge on any atom is 0.291 e. The molecule has 1 amide bonds. The molecule has 2 aromatic carbocycles. The molecular weight excluding hydrogens is 392 g/mol. The van der Waals surface area contributed by atoms with Gasteiger partial charge in [-0.2, -0.15) is 0 Å². The van der Waals surface area contributed by atoms with Gasteiger partial charge < -0.3 is 14.5 Å². The third-order valence-corrected chi connectivity index (χ3v) is 5.86. The molecule has 1 aliphatic rings. The van der Waals surface area contributed by atoms with Crippen LogP contribution in [0, 0.1) is 19.8 Å². The molecule has 1 N–H and O–H groups in total. The summed E-state index contributed by atoms with van der Waals surface area (Å²) in [7, 11) is 5.67. The van der Waals surface area contributed by atoms with Gasteiger partial charge in [0.25, 0.3) is 5.91 Å². The van der Waals surface area contributed by atoms with Crippen molar-refractivity contribution in [2.75, 3.05) is 34.3 Å². The molecule has 31 heavy (non-hydrogen) atoms. The van der Waals surface area contributed by atoms with E-state index in [1.165, 1.54) is 4.90 Å². The Hall–Kier alpha value is -2.99. The summed E-state index contributed by atoms with van der Waals surface area (Å²) >= 11 is 0. The highest BCUT2D eigenvalue weighted by Gasteiger charge is 2.51. The molecule has 0 radical (unpaired) electrons. The van der Waals surface area contributed by atoms with Crippen LogP contribution in [-0.2, 0) is 9.59 Å². The molecule has 0 aliphatic carbocycles. The normalized spacial score (nSPS) is 18.7. The number of benzene rings is 2. The average molecular weight is 424 g/mol. The number of amides is 1. The summed E-state index contributed by atoms with van der Waals surface area (Å²) in [5.41, 5.74) is 3.12. The number of ketones is 2. The molecule has 6 nitrogen and oxygen atoms in total. The van der Waals surface area contributed by atoms with Crippen LogP contribution in [0.3, 0.4) is 0 Å². The Morgan fingerprint density at radius 1 is 1.06 bits per heavy atom. The first-order chi connectivity index (χ1) is 14.7. The van der Waals surface area contributed by atoms with Crippen LogP contribution < -0.4 is 9.64 Å². The van der Waals surface area contributed by atoms with Crippen molar-refractivity contribution < 1.29 is 24.0 Å². The SMILES string of the molecule is COc1ccc(C(=O)C2C(=O)C(=O)N(CCC[NH+](C)C)C2c2ccc(C)cc2)cc1C. The average Bonchev–Trinajstić information content (AvgIpc) is 2.98. The highest BCUT2D eigenvalue weighted by atomic mass is 16.5. The lowest BCUT2D eigenvalue weighted by atomic mass is 9.85. The van der Waals surface area contributed by atoms with Crippen molar-refractivity contribution in [2.45, 2.75) is 26.3 Å². The van der Waals surface area contributed by atoms with Crippen LogP contribution in [0.5, 0.6) is 5.75 Å². The number of nitrogens with one attached hydrogen (secondary N) is 1. The molecule has 0 saturated carbocycles. The van der Waals surface area contributed by atoms with Gasteiger partial charge in [0, 0.05) is 18.5 Å². The van der Waals surface area contributed by atoms with Gasteiger partial charge in [-0.3, -0.25) is 14.4 Å². The highest BCUT2D eigenvalue weighted by Crippen LogP contribution is 2.38. The number of carbonyl (C=O) groups excluding carboxylic acids is 3. The predicted octanol–water partition coefficient (Wildman–Crippen LogP) is 1.80. The minimum absolute atomic E-state index is 0.324. The first kappa shape index (κ1) is 22.7. The number of likely N-dealkylation sites (tertiary alicyclic amines) is 1. The number of hydrogen-bond donors (Lipinski definition) is 1. The van der Waals surface area contributed by atoms with Crippen molar-refractivity contribution in [3.05, 3.63) is 64.7 Å². The van der Waals surface area contributed by atoms with Gasteiger partial charge in [0.05, 0.1) is 33.8 Å². The van der Waals surface area contributed by atoms with E-state index in [9.17, 15) is 14.4 Å². The van der Waals surface area contributed by atoms with Crippen molar-refractivity contribution in [2.24, 2.45) is 5.92 Å². The van der Waals surface area contributed by atoms with Gasteiger partial charge in [-0.15, -0.1) is 0 Å². The molecule has 2 aromatic rings. The van der Waals surface area contributed by atoms with Gasteiger partial charge in [-0.1, -0.05) is 29.8 Å². The summed E-state index contributed by atoms with van der Waals surface area (Å²) in [6.45, 7) is 5.15. The summed E-state index contributed by atoms with van der Waals surface area (Å²) in [4.78, 5) is 42.3. The number of nitrogens with zero attached hydrogens (tertiary/aromatic N) is 1. The molecule has 164 valence electrons. The summed E-state index contributed by atoms with van der Waals surface area (Å²) < 4.78 is 5.28. The first-order valence-electron chi connectivity index (χ1n) is 10.6. The van der Waals surface area contributed by atoms with Crippen LogP contribution >= 0.6 is 0 Å². The van der Waals surface area contributed by atoms with Crippen molar-refractivity contribution in [1.82, 2.24) is 4.90 Å². The second kappa shape index (κ2) is 9.43. The number of carbonyl (C=O) groups is 3. The van der Waals surface area contributed by atoms with Crippen molar-refractivity contribution >= 4 is 17.5 Å². The second-order valence-electron chi connectivity index (χ2n) is 8.56. The van der Waals surface area contributed by atoms with Crippen LogP contribution in [0.2, 0.25) is 0 Å². The van der Waals surface area contributed by atoms with E-state index < -0.39 is 23.7 Å². The molecule has 3 rings (SSSR count). The van der Waals surface area contributed by atoms with E-state index in [0.29, 0.717) is 17.9 Å². The molecule has 0 spiro atoms. The van der Waals surface area contributed by atoms with E-state index in [-0.39, 0.29) is 5.78 Å². The highest BCUT2D eigenvalue weighted by molar-refractivity contribution is 6.44. The number of ether oxygens (including phenoxy) is 1. The van der Waals surface area contributed by atoms with Gasteiger partial charge in [-0.25, -0.2) is 0 Å². The number of methoxy groups -OCH3 is 1. The third kappa shape index (κ3) is 4.69. The third-order valence-electron chi connectivity index (χ3n) is 5.86. The topological polar surface area (TPSA) is 68.1 Å². The number of quaternary nitrogens is 1. The Kier molecular flexibility index (Phi) is 6.91. The Labute approximate surface area is 183 Å². The molecule has 1 heterocycles. The minimum Gasteiger partial charge on any atom is -0.496 e. The molecule has 6 heteroatoms. The summed E-state index contributed by atoms with van der Waals surface area (Å²) in [5, 5.41) is 0. The number of Topliss-reactive ketones (excluding diaryl/α,β-unsaturated/α-hetero) is 2. The van der Waals surface area contributed by atoms with Crippen molar-refractivity contribution in [3.63, 3.8) is 0 Å². The van der Waals surface area contributed by atoms with E-state index in [0.717, 1.165) is 29.7 Å². The lowest BCUT2D eigenvalue weighted by molar-refractivity contribution is -0.858. The molecular formula is C25H31N2O4+. The first-order valence-corrected chi connectivity index (χ1v) is 10.6. The van der Waals surface area contributed by atoms with Crippen LogP contribution in [0.15, 0.2) is 42.5 Å². The van der Waals surface area contributed by atoms with Crippen LogP contribution in [0.4, 0.5) is 0 Å². The van der Waals surface area contributed by atoms with E-state index >= 15 is 0 Å². The lowest BCUT2D eigenvalue weighted by Crippen LogP contribution is -3.05. The zero-order valence-electron chi connectivity index (χ0n) is 18.9. The largest absolute Gasteiger partial charge is 0.496 e. The number of aryl methyl sites for hydroxylation is 2. The maximum absolute atomic E-state index is 13.5. The molecule has 1 saturated heterocycles. The Morgan fingerprint density at radius 2 is 1.74 bits per heavy atom. The Balaban J connectivity index is 2.00. The van der Waals surface area contributed by atoms with Gasteiger partial charge >= 0.3 is 0 Å². The van der Waals surface area contributed by atoms with Gasteiger partial charge in [0.15, 0.2) is 5.78 Å². The molecule has 1 fully saturated rings. The van der Waals surface area contributed by atoms with Gasteiger partial charge in [-0.05, 0) is 43.2 Å². The molecule has 2 atom stereocenters. The smallest absolute Gasteiger partial charge is 0.291 e. The summed E-state index contributed by atoms with van der Waals surface area (Å²) in [6, 6.07) is 12.2. The standard InChI is InChI=1S/C25H30N2O4/c1-16-7-9-18(10-8-16)22-21(23(28)19-11-12-20(31-5)17(2)15-19)24(29)25(30)27(22)14-6-13-26(3)4/h7-12,15,21-22H,6,13-14H2,1-5H3/p+1. The van der Waals surface area contributed by atoms with Gasteiger partial charge in [0.1, 0.15) is 11.7 Å². The van der Waals surface area contributed by atoms with Crippen LogP contribution in [0.1, 0.15) is 39.5 Å². The van der Waals surface area contributed by atoms with Crippen LogP contribution in [-0.4, -0.2) is 56.7 Å². The Bertz CT molecular complexity index is 982. The van der Waals surface area contributed by atoms with E-state index in [1.807, 2.05) is 52.2 Å². The van der Waals surface area contributed by atoms with Crippen molar-refractivity contribution in [1.29, 1.82) is 0 Å². The fourth-order valence-corrected chi connectivity index (χ4v) is 4.18. The monoisotopic (exact) mass is 423 g/mol. The predicted molar refractivity (Wildman–Crippen MR) is 118 cm³/mol. The Morgan fingerprint density at radius 3 is 2.32 bits per heavy atom. The minimum atomic E-state index is -1.05. The fraction of sp³-hybridized carbons (Fsp3) is 0.400. The van der Waals surface area contributed by atoms with Crippen LogP contribution in [0.25, 0.3) is 0 Å². The fourth-order valence-electron chi connectivity index (χ4n) is 4.18.